The summed E-state index contributed by atoms with van der Waals surface area (Å²) in [6.45, 7) is 0. The number of aromatic hydroxyl groups is 1. The summed E-state index contributed by atoms with van der Waals surface area (Å²) < 4.78 is 5.65. The average Bonchev–Trinajstić information content (AvgIpc) is 3.10. The molecule has 0 aliphatic carbocycles. The van der Waals surface area contributed by atoms with Gasteiger partial charge in [-0.25, -0.2) is 0 Å². The number of carbonyl (C=O) groups is 1. The Balaban J connectivity index is 1.80. The fourth-order valence-electron chi connectivity index (χ4n) is 1.92. The predicted molar refractivity (Wildman–Crippen MR) is 91.6 cm³/mol. The Kier molecular flexibility index (Phi) is 4.13. The number of amides is 1. The second-order valence-corrected chi connectivity index (χ2v) is 6.11. The molecule has 0 saturated carbocycles. The lowest BCUT2D eigenvalue weighted by Gasteiger charge is -2.14. The summed E-state index contributed by atoms with van der Waals surface area (Å²) >= 11 is 6.50. The number of benzene rings is 1. The van der Waals surface area contributed by atoms with Crippen molar-refractivity contribution in [3.63, 3.8) is 0 Å². The van der Waals surface area contributed by atoms with Crippen molar-refractivity contribution < 1.29 is 14.3 Å². The van der Waals surface area contributed by atoms with Gasteiger partial charge in [-0.3, -0.25) is 9.69 Å². The smallest absolute Gasteiger partial charge is 0.270 e. The molecule has 1 fully saturated rings. The molecule has 1 saturated heterocycles. The Labute approximate surface area is 136 Å². The summed E-state index contributed by atoms with van der Waals surface area (Å²) in [6, 6.07) is 9.97. The van der Waals surface area contributed by atoms with Crippen molar-refractivity contribution in [2.24, 2.45) is 0 Å². The van der Waals surface area contributed by atoms with E-state index in [1.165, 1.54) is 28.8 Å². The van der Waals surface area contributed by atoms with Gasteiger partial charge < -0.3 is 9.52 Å². The van der Waals surface area contributed by atoms with Crippen molar-refractivity contribution in [3.05, 3.63) is 65.5 Å². The number of furan rings is 1. The Morgan fingerprint density at radius 1 is 1.23 bits per heavy atom. The van der Waals surface area contributed by atoms with Crippen molar-refractivity contribution in [1.82, 2.24) is 0 Å². The van der Waals surface area contributed by atoms with Crippen LogP contribution in [-0.2, 0) is 4.79 Å². The van der Waals surface area contributed by atoms with Gasteiger partial charge in [0.25, 0.3) is 5.91 Å². The van der Waals surface area contributed by atoms with E-state index in [1.807, 2.05) is 6.07 Å². The van der Waals surface area contributed by atoms with Crippen LogP contribution in [0.1, 0.15) is 5.76 Å². The van der Waals surface area contributed by atoms with Crippen LogP contribution in [0.4, 0.5) is 5.69 Å². The molecule has 0 radical (unpaired) electrons. The van der Waals surface area contributed by atoms with Gasteiger partial charge in [0, 0.05) is 0 Å². The van der Waals surface area contributed by atoms with E-state index < -0.39 is 0 Å². The monoisotopic (exact) mass is 329 g/mol. The highest BCUT2D eigenvalue weighted by Crippen LogP contribution is 2.35. The molecule has 2 heterocycles. The minimum absolute atomic E-state index is 0.145. The normalized spacial score (nSPS) is 17.1. The summed E-state index contributed by atoms with van der Waals surface area (Å²) in [4.78, 5) is 14.4. The zero-order chi connectivity index (χ0) is 15.5. The molecule has 4 nitrogen and oxygen atoms in total. The molecule has 1 N–H and O–H groups in total. The molecule has 110 valence electrons. The minimum atomic E-state index is -0.176. The molecule has 1 aromatic carbocycles. The van der Waals surface area contributed by atoms with Crippen molar-refractivity contribution in [3.8, 4) is 5.75 Å². The first-order valence-corrected chi connectivity index (χ1v) is 7.65. The third-order valence-electron chi connectivity index (χ3n) is 2.95. The van der Waals surface area contributed by atoms with Gasteiger partial charge >= 0.3 is 0 Å². The number of rotatable bonds is 3. The number of phenols is 1. The van der Waals surface area contributed by atoms with Crippen LogP contribution in [-0.4, -0.2) is 15.3 Å². The molecule has 3 rings (SSSR count). The van der Waals surface area contributed by atoms with Gasteiger partial charge in [-0.15, -0.1) is 0 Å². The molecule has 0 bridgehead atoms. The number of phenolic OH excluding ortho intramolecular Hbond substituents is 1. The number of nitrogens with zero attached hydrogens (tertiary/aromatic N) is 1. The number of hydrogen-bond donors (Lipinski definition) is 1. The molecule has 22 heavy (non-hydrogen) atoms. The molecule has 1 amide bonds. The fourth-order valence-corrected chi connectivity index (χ4v) is 3.17. The molecule has 1 aliphatic rings. The van der Waals surface area contributed by atoms with Crippen molar-refractivity contribution in [2.75, 3.05) is 4.90 Å². The van der Waals surface area contributed by atoms with Crippen LogP contribution >= 0.6 is 24.0 Å². The average molecular weight is 329 g/mol. The molecule has 1 aromatic heterocycles. The lowest BCUT2D eigenvalue weighted by atomic mass is 10.2. The topological polar surface area (TPSA) is 53.7 Å². The lowest BCUT2D eigenvalue weighted by molar-refractivity contribution is -0.113. The van der Waals surface area contributed by atoms with Gasteiger partial charge in [-0.05, 0) is 48.6 Å². The number of carbonyl (C=O) groups excluding carboxylic acids is 1. The predicted octanol–water partition coefficient (Wildman–Crippen LogP) is 3.95. The van der Waals surface area contributed by atoms with E-state index >= 15 is 0 Å². The summed E-state index contributed by atoms with van der Waals surface area (Å²) in [6.07, 6.45) is 6.82. The SMILES string of the molecule is O=C1/C(=C/C=C/c2ccco2)SC(=S)N1c1ccc(O)cc1. The molecular weight excluding hydrogens is 318 g/mol. The third-order valence-corrected chi connectivity index (χ3v) is 4.27. The molecular formula is C16H11NO3S2. The second kappa shape index (κ2) is 6.21. The minimum Gasteiger partial charge on any atom is -0.508 e. The van der Waals surface area contributed by atoms with Gasteiger partial charge in [0.2, 0.25) is 0 Å². The second-order valence-electron chi connectivity index (χ2n) is 4.43. The maximum absolute atomic E-state index is 12.4. The van der Waals surface area contributed by atoms with E-state index in [2.05, 4.69) is 0 Å². The van der Waals surface area contributed by atoms with Crippen LogP contribution in [0.2, 0.25) is 0 Å². The largest absolute Gasteiger partial charge is 0.508 e. The standard InChI is InChI=1S/C16H11NO3S2/c18-12-8-6-11(7-9-12)17-15(19)14(22-16(17)21)5-1-3-13-4-2-10-20-13/h1-10,18H/b3-1+,14-5-. The first-order valence-electron chi connectivity index (χ1n) is 6.42. The zero-order valence-electron chi connectivity index (χ0n) is 11.3. The van der Waals surface area contributed by atoms with Crippen LogP contribution < -0.4 is 4.90 Å². The Bertz CT molecular complexity index is 761. The Morgan fingerprint density at radius 3 is 2.68 bits per heavy atom. The van der Waals surface area contributed by atoms with Crippen LogP contribution in [0.5, 0.6) is 5.75 Å². The maximum atomic E-state index is 12.4. The van der Waals surface area contributed by atoms with E-state index in [-0.39, 0.29) is 11.7 Å². The van der Waals surface area contributed by atoms with Gasteiger partial charge in [-0.1, -0.05) is 30.1 Å². The van der Waals surface area contributed by atoms with Crippen molar-refractivity contribution in [2.45, 2.75) is 0 Å². The summed E-state index contributed by atoms with van der Waals surface area (Å²) in [5.74, 6) is 0.682. The quantitative estimate of drug-likeness (QED) is 0.682. The van der Waals surface area contributed by atoms with E-state index in [0.29, 0.717) is 20.7 Å². The molecule has 0 unspecified atom stereocenters. The van der Waals surface area contributed by atoms with Crippen LogP contribution in [0.3, 0.4) is 0 Å². The van der Waals surface area contributed by atoms with Gasteiger partial charge in [0.05, 0.1) is 16.9 Å². The summed E-state index contributed by atoms with van der Waals surface area (Å²) in [7, 11) is 0. The van der Waals surface area contributed by atoms with E-state index in [0.717, 1.165) is 0 Å². The first-order chi connectivity index (χ1) is 10.6. The molecule has 1 aliphatic heterocycles. The molecule has 2 aromatic rings. The zero-order valence-corrected chi connectivity index (χ0v) is 12.9. The number of thiocarbonyl (C=S) groups is 1. The highest BCUT2D eigenvalue weighted by molar-refractivity contribution is 8.27. The summed E-state index contributed by atoms with van der Waals surface area (Å²) in [5, 5.41) is 9.32. The van der Waals surface area contributed by atoms with Crippen LogP contribution in [0.25, 0.3) is 6.08 Å². The maximum Gasteiger partial charge on any atom is 0.270 e. The number of hydrogen-bond acceptors (Lipinski definition) is 5. The first kappa shape index (κ1) is 14.6. The number of anilines is 1. The van der Waals surface area contributed by atoms with E-state index in [9.17, 15) is 9.90 Å². The number of allylic oxidation sites excluding steroid dienone is 2. The highest BCUT2D eigenvalue weighted by Gasteiger charge is 2.32. The Morgan fingerprint density at radius 2 is 2.00 bits per heavy atom. The third kappa shape index (κ3) is 2.98. The molecule has 0 atom stereocenters. The van der Waals surface area contributed by atoms with Gasteiger partial charge in [0.15, 0.2) is 4.32 Å². The van der Waals surface area contributed by atoms with Gasteiger partial charge in [0.1, 0.15) is 11.5 Å². The van der Waals surface area contributed by atoms with Crippen molar-refractivity contribution in [1.29, 1.82) is 0 Å². The lowest BCUT2D eigenvalue weighted by Crippen LogP contribution is -2.27. The molecule has 6 heteroatoms. The number of thioether (sulfide) groups is 1. The summed E-state index contributed by atoms with van der Waals surface area (Å²) in [5.41, 5.74) is 0.638. The van der Waals surface area contributed by atoms with Crippen LogP contribution in [0, 0.1) is 0 Å². The van der Waals surface area contributed by atoms with E-state index in [1.54, 1.807) is 42.7 Å². The highest BCUT2D eigenvalue weighted by atomic mass is 32.2. The van der Waals surface area contributed by atoms with Crippen LogP contribution in [0.15, 0.2) is 64.1 Å². The Hall–Kier alpha value is -2.31. The van der Waals surface area contributed by atoms with E-state index in [4.69, 9.17) is 16.6 Å². The molecule has 0 spiro atoms. The van der Waals surface area contributed by atoms with Gasteiger partial charge in [-0.2, -0.15) is 0 Å². The fraction of sp³-hybridized carbons (Fsp3) is 0. The van der Waals surface area contributed by atoms with Crippen molar-refractivity contribution >= 4 is 46.0 Å².